The Morgan fingerprint density at radius 3 is 2.56 bits per heavy atom. The van der Waals surface area contributed by atoms with Crippen LogP contribution in [0.3, 0.4) is 0 Å². The highest BCUT2D eigenvalue weighted by Gasteiger charge is 2.33. The first-order chi connectivity index (χ1) is 16.5. The molecule has 5 rings (SSSR count). The van der Waals surface area contributed by atoms with E-state index in [-0.39, 0.29) is 12.0 Å². The molecule has 5 nitrogen and oxygen atoms in total. The molecular formula is C29H30N2O3. The summed E-state index contributed by atoms with van der Waals surface area (Å²) in [5.74, 6) is 2.20. The average molecular weight is 455 g/mol. The van der Waals surface area contributed by atoms with Crippen molar-refractivity contribution < 1.29 is 14.3 Å². The van der Waals surface area contributed by atoms with Crippen LogP contribution in [-0.2, 0) is 6.54 Å². The second-order valence-electron chi connectivity index (χ2n) is 9.13. The second-order valence-corrected chi connectivity index (χ2v) is 9.13. The fourth-order valence-corrected chi connectivity index (χ4v) is 4.79. The lowest BCUT2D eigenvalue weighted by atomic mass is 10.0. The molecule has 2 aliphatic heterocycles. The van der Waals surface area contributed by atoms with Crippen molar-refractivity contribution in [1.82, 2.24) is 9.80 Å². The molecule has 3 aromatic rings. The van der Waals surface area contributed by atoms with E-state index in [1.54, 1.807) is 11.0 Å². The molecule has 0 radical (unpaired) electrons. The maximum absolute atomic E-state index is 13.1. The summed E-state index contributed by atoms with van der Waals surface area (Å²) in [4.78, 5) is 17.2. The van der Waals surface area contributed by atoms with Crippen molar-refractivity contribution in [2.45, 2.75) is 38.0 Å². The van der Waals surface area contributed by atoms with Gasteiger partial charge in [0.15, 0.2) is 0 Å². The van der Waals surface area contributed by atoms with Gasteiger partial charge in [0, 0.05) is 50.8 Å². The molecule has 0 saturated carbocycles. The van der Waals surface area contributed by atoms with Crippen LogP contribution in [0.5, 0.6) is 17.2 Å². The third-order valence-electron chi connectivity index (χ3n) is 6.63. The third-order valence-corrected chi connectivity index (χ3v) is 6.63. The molecule has 0 aliphatic carbocycles. The Balaban J connectivity index is 1.21. The number of ether oxygens (including phenoxy) is 2. The smallest absolute Gasteiger partial charge is 0.254 e. The van der Waals surface area contributed by atoms with E-state index >= 15 is 0 Å². The van der Waals surface area contributed by atoms with Crippen molar-refractivity contribution in [1.29, 1.82) is 0 Å². The molecule has 2 atom stereocenters. The largest absolute Gasteiger partial charge is 0.490 e. The van der Waals surface area contributed by atoms with Gasteiger partial charge < -0.3 is 19.3 Å². The lowest BCUT2D eigenvalue weighted by Crippen LogP contribution is -2.38. The van der Waals surface area contributed by atoms with E-state index in [1.165, 1.54) is 5.70 Å². The number of carbonyl (C=O) groups is 1. The van der Waals surface area contributed by atoms with Crippen molar-refractivity contribution in [3.8, 4) is 17.2 Å². The van der Waals surface area contributed by atoms with E-state index in [2.05, 4.69) is 18.0 Å². The van der Waals surface area contributed by atoms with Crippen LogP contribution in [0.1, 0.15) is 35.2 Å². The lowest BCUT2D eigenvalue weighted by molar-refractivity contribution is 0.0784. The SMILES string of the molecule is CN(Cc1cccc(OC2CC3=CC[C@@H](C2)N3C)c1)C(=O)c1cccc(Oc2ccccc2)c1. The molecule has 2 aliphatic rings. The van der Waals surface area contributed by atoms with Gasteiger partial charge in [-0.1, -0.05) is 42.5 Å². The minimum absolute atomic E-state index is 0.0522. The zero-order valence-corrected chi connectivity index (χ0v) is 19.7. The number of amides is 1. The molecule has 2 bridgehead atoms. The first-order valence-corrected chi connectivity index (χ1v) is 11.8. The zero-order chi connectivity index (χ0) is 23.5. The minimum atomic E-state index is -0.0522. The maximum Gasteiger partial charge on any atom is 0.254 e. The topological polar surface area (TPSA) is 42.0 Å². The summed E-state index contributed by atoms with van der Waals surface area (Å²) in [6.07, 6.45) is 5.66. The number of hydrogen-bond acceptors (Lipinski definition) is 4. The normalized spacial score (nSPS) is 18.9. The highest BCUT2D eigenvalue weighted by atomic mass is 16.5. The summed E-state index contributed by atoms with van der Waals surface area (Å²) >= 11 is 0. The molecule has 0 aromatic heterocycles. The monoisotopic (exact) mass is 454 g/mol. The van der Waals surface area contributed by atoms with E-state index in [0.29, 0.717) is 23.9 Å². The summed E-state index contributed by atoms with van der Waals surface area (Å²) < 4.78 is 12.2. The van der Waals surface area contributed by atoms with Crippen LogP contribution in [0.4, 0.5) is 0 Å². The van der Waals surface area contributed by atoms with Crippen molar-refractivity contribution in [3.63, 3.8) is 0 Å². The first kappa shape index (κ1) is 22.1. The predicted molar refractivity (Wildman–Crippen MR) is 133 cm³/mol. The quantitative estimate of drug-likeness (QED) is 0.447. The van der Waals surface area contributed by atoms with Crippen LogP contribution < -0.4 is 9.47 Å². The number of fused-ring (bicyclic) bond motifs is 2. The van der Waals surface area contributed by atoms with E-state index in [0.717, 1.165) is 36.3 Å². The van der Waals surface area contributed by atoms with Crippen LogP contribution in [-0.4, -0.2) is 41.9 Å². The number of para-hydroxylation sites is 1. The van der Waals surface area contributed by atoms with Crippen LogP contribution in [0.15, 0.2) is 90.6 Å². The summed E-state index contributed by atoms with van der Waals surface area (Å²) in [5.41, 5.74) is 3.03. The Morgan fingerprint density at radius 1 is 0.971 bits per heavy atom. The summed E-state index contributed by atoms with van der Waals surface area (Å²) in [6, 6.07) is 25.5. The Hall–Kier alpha value is -3.73. The number of rotatable bonds is 7. The zero-order valence-electron chi connectivity index (χ0n) is 19.7. The maximum atomic E-state index is 13.1. The number of nitrogens with zero attached hydrogens (tertiary/aromatic N) is 2. The third kappa shape index (κ3) is 4.93. The number of carbonyl (C=O) groups excluding carboxylic acids is 1. The van der Waals surface area contributed by atoms with Crippen molar-refractivity contribution in [2.24, 2.45) is 0 Å². The highest BCUT2D eigenvalue weighted by Crippen LogP contribution is 2.35. The fraction of sp³-hybridized carbons (Fsp3) is 0.276. The molecule has 1 fully saturated rings. The Bertz CT molecular complexity index is 1190. The summed E-state index contributed by atoms with van der Waals surface area (Å²) in [6.45, 7) is 0.501. The molecule has 1 saturated heterocycles. The van der Waals surface area contributed by atoms with Crippen LogP contribution in [0.2, 0.25) is 0 Å². The van der Waals surface area contributed by atoms with Crippen LogP contribution >= 0.6 is 0 Å². The van der Waals surface area contributed by atoms with E-state index < -0.39 is 0 Å². The molecule has 34 heavy (non-hydrogen) atoms. The predicted octanol–water partition coefficient (Wildman–Crippen LogP) is 5.88. The van der Waals surface area contributed by atoms with Gasteiger partial charge in [-0.2, -0.15) is 0 Å². The van der Waals surface area contributed by atoms with Gasteiger partial charge >= 0.3 is 0 Å². The Morgan fingerprint density at radius 2 is 1.74 bits per heavy atom. The van der Waals surface area contributed by atoms with E-state index in [9.17, 15) is 4.79 Å². The Kier molecular flexibility index (Phi) is 6.26. The molecule has 0 N–H and O–H groups in total. The lowest BCUT2D eigenvalue weighted by Gasteiger charge is -2.35. The molecule has 0 spiro atoms. The van der Waals surface area contributed by atoms with Crippen LogP contribution in [0, 0.1) is 0 Å². The van der Waals surface area contributed by atoms with Crippen molar-refractivity contribution >= 4 is 5.91 Å². The summed E-state index contributed by atoms with van der Waals surface area (Å²) in [7, 11) is 4.00. The average Bonchev–Trinajstić information content (AvgIpc) is 3.04. The molecule has 174 valence electrons. The van der Waals surface area contributed by atoms with Gasteiger partial charge in [-0.15, -0.1) is 0 Å². The number of piperidine rings is 1. The molecule has 2 heterocycles. The van der Waals surface area contributed by atoms with Crippen molar-refractivity contribution in [2.75, 3.05) is 14.1 Å². The van der Waals surface area contributed by atoms with Gasteiger partial charge in [0.05, 0.1) is 0 Å². The van der Waals surface area contributed by atoms with Gasteiger partial charge in [0.25, 0.3) is 5.91 Å². The minimum Gasteiger partial charge on any atom is -0.490 e. The van der Waals surface area contributed by atoms with Gasteiger partial charge in [0.2, 0.25) is 0 Å². The molecule has 3 aromatic carbocycles. The number of hydrogen-bond donors (Lipinski definition) is 0. The van der Waals surface area contributed by atoms with Gasteiger partial charge in [-0.05, 0) is 54.4 Å². The van der Waals surface area contributed by atoms with E-state index in [4.69, 9.17) is 9.47 Å². The standard InChI is InChI=1S/C29H30N2O3/c1-30(29(32)22-9-7-13-27(17-22)33-25-10-4-3-5-11-25)20-21-8-6-12-26(16-21)34-28-18-23-14-15-24(19-28)31(23)2/h3-14,16-17,24,28H,15,18-20H2,1-2H3/t24-,28?/m0/s1. The first-order valence-electron chi connectivity index (χ1n) is 11.8. The van der Waals surface area contributed by atoms with Gasteiger partial charge in [-0.3, -0.25) is 4.79 Å². The van der Waals surface area contributed by atoms with Crippen molar-refractivity contribution in [3.05, 3.63) is 102 Å². The Labute approximate surface area is 201 Å². The van der Waals surface area contributed by atoms with Gasteiger partial charge in [0.1, 0.15) is 23.4 Å². The van der Waals surface area contributed by atoms with Crippen LogP contribution in [0.25, 0.3) is 0 Å². The molecule has 1 unspecified atom stereocenters. The van der Waals surface area contributed by atoms with Gasteiger partial charge in [-0.25, -0.2) is 0 Å². The highest BCUT2D eigenvalue weighted by molar-refractivity contribution is 5.94. The number of benzene rings is 3. The fourth-order valence-electron chi connectivity index (χ4n) is 4.79. The van der Waals surface area contributed by atoms with E-state index in [1.807, 2.05) is 79.8 Å². The molecule has 5 heteroatoms. The summed E-state index contributed by atoms with van der Waals surface area (Å²) in [5, 5.41) is 0. The second kappa shape index (κ2) is 9.64. The molecule has 1 amide bonds. The molecular weight excluding hydrogens is 424 g/mol.